The van der Waals surface area contributed by atoms with Gasteiger partial charge in [-0.25, -0.2) is 4.79 Å². The van der Waals surface area contributed by atoms with E-state index in [1.165, 1.54) is 0 Å². The summed E-state index contributed by atoms with van der Waals surface area (Å²) in [4.78, 5) is 11.8. The molecular formula is C17H19F6NO3. The van der Waals surface area contributed by atoms with Crippen molar-refractivity contribution < 1.29 is 41.0 Å². The molecule has 0 aliphatic carbocycles. The number of alkyl carbamates (subject to hydrolysis) is 1. The molecule has 2 N–H and O–H groups in total. The Hall–Kier alpha value is -2.23. The van der Waals surface area contributed by atoms with E-state index >= 15 is 0 Å². The van der Waals surface area contributed by atoms with E-state index < -0.39 is 52.9 Å². The monoisotopic (exact) mass is 399 g/mol. The fraction of sp³-hybridized carbons (Fsp3) is 0.471. The quantitative estimate of drug-likeness (QED) is 0.563. The topological polar surface area (TPSA) is 58.6 Å². The molecule has 2 unspecified atom stereocenters. The number of hydrogen-bond acceptors (Lipinski definition) is 3. The van der Waals surface area contributed by atoms with Gasteiger partial charge in [-0.2, -0.15) is 26.3 Å². The van der Waals surface area contributed by atoms with Crippen LogP contribution in [0.2, 0.25) is 0 Å². The van der Waals surface area contributed by atoms with E-state index in [-0.39, 0.29) is 6.07 Å². The molecule has 0 saturated carbocycles. The van der Waals surface area contributed by atoms with Crippen LogP contribution in [0.5, 0.6) is 0 Å². The second-order valence-electron chi connectivity index (χ2n) is 6.69. The van der Waals surface area contributed by atoms with Gasteiger partial charge in [-0.15, -0.1) is 6.58 Å². The number of alkyl halides is 6. The average molecular weight is 399 g/mol. The zero-order valence-corrected chi connectivity index (χ0v) is 14.7. The molecule has 152 valence electrons. The van der Waals surface area contributed by atoms with Crippen LogP contribution < -0.4 is 5.32 Å². The second-order valence-corrected chi connectivity index (χ2v) is 6.69. The number of hydrogen-bond donors (Lipinski definition) is 2. The van der Waals surface area contributed by atoms with Crippen LogP contribution in [-0.4, -0.2) is 22.8 Å². The van der Waals surface area contributed by atoms with Crippen LogP contribution in [0.1, 0.15) is 43.6 Å². The van der Waals surface area contributed by atoms with Gasteiger partial charge in [-0.05, 0) is 44.5 Å². The molecule has 0 aliphatic rings. The zero-order valence-electron chi connectivity index (χ0n) is 14.7. The molecule has 4 nitrogen and oxygen atoms in total. The van der Waals surface area contributed by atoms with Gasteiger partial charge in [0.25, 0.3) is 0 Å². The molecule has 2 atom stereocenters. The minimum Gasteiger partial charge on any atom is -0.444 e. The summed E-state index contributed by atoms with van der Waals surface area (Å²) in [6.45, 7) is 7.97. The molecule has 27 heavy (non-hydrogen) atoms. The third-order valence-electron chi connectivity index (χ3n) is 3.23. The number of nitrogens with one attached hydrogen (secondary N) is 1. The molecule has 1 amide bonds. The van der Waals surface area contributed by atoms with Gasteiger partial charge in [0.05, 0.1) is 17.2 Å². The molecule has 0 spiro atoms. The van der Waals surface area contributed by atoms with Crippen LogP contribution in [0.4, 0.5) is 31.1 Å². The van der Waals surface area contributed by atoms with Crippen molar-refractivity contribution in [2.45, 2.75) is 50.9 Å². The van der Waals surface area contributed by atoms with Crippen molar-refractivity contribution in [3.05, 3.63) is 47.5 Å². The maximum Gasteiger partial charge on any atom is 0.416 e. The summed E-state index contributed by atoms with van der Waals surface area (Å²) in [7, 11) is 0. The van der Waals surface area contributed by atoms with Crippen LogP contribution in [0.15, 0.2) is 30.9 Å². The maximum absolute atomic E-state index is 12.9. The van der Waals surface area contributed by atoms with E-state index in [0.717, 1.165) is 6.08 Å². The molecule has 1 aromatic carbocycles. The number of halogens is 6. The van der Waals surface area contributed by atoms with E-state index in [9.17, 15) is 36.2 Å². The zero-order chi connectivity index (χ0) is 21.2. The van der Waals surface area contributed by atoms with E-state index in [4.69, 9.17) is 4.74 Å². The number of carbonyl (C=O) groups is 1. The summed E-state index contributed by atoms with van der Waals surface area (Å²) < 4.78 is 82.5. The first-order valence-electron chi connectivity index (χ1n) is 7.64. The number of amides is 1. The number of aliphatic hydroxyl groups excluding tert-OH is 1. The van der Waals surface area contributed by atoms with E-state index in [2.05, 4.69) is 11.9 Å². The SMILES string of the molecule is C=CC(NC(=O)OC(C)(C)C)C(O)c1cc(C(F)(F)F)cc(C(F)(F)F)c1. The van der Waals surface area contributed by atoms with Crippen molar-refractivity contribution in [1.29, 1.82) is 0 Å². The fourth-order valence-corrected chi connectivity index (χ4v) is 2.07. The van der Waals surface area contributed by atoms with Gasteiger partial charge in [0, 0.05) is 0 Å². The van der Waals surface area contributed by atoms with Crippen molar-refractivity contribution in [3.63, 3.8) is 0 Å². The Balaban J connectivity index is 3.24. The lowest BCUT2D eigenvalue weighted by Gasteiger charge is -2.25. The van der Waals surface area contributed by atoms with Crippen molar-refractivity contribution in [3.8, 4) is 0 Å². The summed E-state index contributed by atoms with van der Waals surface area (Å²) >= 11 is 0. The molecule has 0 aromatic heterocycles. The normalized spacial score (nSPS) is 15.0. The van der Waals surface area contributed by atoms with E-state index in [0.29, 0.717) is 12.1 Å². The Morgan fingerprint density at radius 2 is 1.52 bits per heavy atom. The lowest BCUT2D eigenvalue weighted by molar-refractivity contribution is -0.143. The standard InChI is InChI=1S/C17H19F6NO3/c1-5-12(24-14(26)27-15(2,3)4)13(25)9-6-10(16(18,19)20)8-11(7-9)17(21,22)23/h5-8,12-13,25H,1H2,2-4H3,(H,24,26). The van der Waals surface area contributed by atoms with Crippen molar-refractivity contribution >= 4 is 6.09 Å². The van der Waals surface area contributed by atoms with Gasteiger partial charge in [-0.1, -0.05) is 6.08 Å². The van der Waals surface area contributed by atoms with E-state index in [1.807, 2.05) is 0 Å². The highest BCUT2D eigenvalue weighted by molar-refractivity contribution is 5.68. The number of carbonyl (C=O) groups excluding carboxylic acids is 1. The van der Waals surface area contributed by atoms with Crippen LogP contribution in [0, 0.1) is 0 Å². The first kappa shape index (κ1) is 22.8. The molecule has 0 radical (unpaired) electrons. The predicted octanol–water partition coefficient (Wildman–Crippen LogP) is 4.84. The van der Waals surface area contributed by atoms with Crippen LogP contribution >= 0.6 is 0 Å². The van der Waals surface area contributed by atoms with Gasteiger partial charge in [0.2, 0.25) is 0 Å². The lowest BCUT2D eigenvalue weighted by atomic mass is 9.97. The molecule has 1 aromatic rings. The Labute approximate surface area is 151 Å². The van der Waals surface area contributed by atoms with Crippen molar-refractivity contribution in [1.82, 2.24) is 5.32 Å². The van der Waals surface area contributed by atoms with Crippen molar-refractivity contribution in [2.24, 2.45) is 0 Å². The second kappa shape index (κ2) is 7.79. The molecule has 0 aliphatic heterocycles. The summed E-state index contributed by atoms with van der Waals surface area (Å²) in [5.74, 6) is 0. The Morgan fingerprint density at radius 3 is 1.85 bits per heavy atom. The lowest BCUT2D eigenvalue weighted by Crippen LogP contribution is -2.41. The highest BCUT2D eigenvalue weighted by atomic mass is 19.4. The van der Waals surface area contributed by atoms with Crippen LogP contribution in [0.3, 0.4) is 0 Å². The first-order chi connectivity index (χ1) is 12.0. The average Bonchev–Trinajstić information content (AvgIpc) is 2.48. The van der Waals surface area contributed by atoms with Gasteiger partial charge >= 0.3 is 18.4 Å². The van der Waals surface area contributed by atoms with Gasteiger partial charge in [-0.3, -0.25) is 0 Å². The summed E-state index contributed by atoms with van der Waals surface area (Å²) in [5.41, 5.74) is -4.74. The van der Waals surface area contributed by atoms with Crippen LogP contribution in [-0.2, 0) is 17.1 Å². The Bertz CT molecular complexity index is 659. The number of aliphatic hydroxyl groups is 1. The third kappa shape index (κ3) is 6.78. The highest BCUT2D eigenvalue weighted by Crippen LogP contribution is 2.37. The Kier molecular flexibility index (Phi) is 6.58. The van der Waals surface area contributed by atoms with Crippen molar-refractivity contribution in [2.75, 3.05) is 0 Å². The highest BCUT2D eigenvalue weighted by Gasteiger charge is 2.38. The summed E-state index contributed by atoms with van der Waals surface area (Å²) in [5, 5.41) is 12.4. The minimum absolute atomic E-state index is 0.0551. The molecule has 0 fully saturated rings. The molecule has 0 bridgehead atoms. The first-order valence-corrected chi connectivity index (χ1v) is 7.64. The smallest absolute Gasteiger partial charge is 0.416 e. The number of ether oxygens (including phenoxy) is 1. The summed E-state index contributed by atoms with van der Waals surface area (Å²) in [6.07, 6.45) is -12.1. The molecular weight excluding hydrogens is 380 g/mol. The largest absolute Gasteiger partial charge is 0.444 e. The van der Waals surface area contributed by atoms with Gasteiger partial charge in [0.1, 0.15) is 11.7 Å². The molecule has 0 saturated heterocycles. The predicted molar refractivity (Wildman–Crippen MR) is 84.8 cm³/mol. The van der Waals surface area contributed by atoms with Gasteiger partial charge < -0.3 is 15.2 Å². The van der Waals surface area contributed by atoms with Gasteiger partial charge in [0.15, 0.2) is 0 Å². The molecule has 0 heterocycles. The minimum atomic E-state index is -5.06. The number of rotatable bonds is 4. The fourth-order valence-electron chi connectivity index (χ4n) is 2.07. The van der Waals surface area contributed by atoms with E-state index in [1.54, 1.807) is 20.8 Å². The third-order valence-corrected chi connectivity index (χ3v) is 3.23. The van der Waals surface area contributed by atoms with Crippen LogP contribution in [0.25, 0.3) is 0 Å². The molecule has 1 rings (SSSR count). The maximum atomic E-state index is 12.9. The summed E-state index contributed by atoms with van der Waals surface area (Å²) in [6, 6.07) is -0.676. The number of benzene rings is 1. The Morgan fingerprint density at radius 1 is 1.07 bits per heavy atom. The molecule has 10 heteroatoms.